The van der Waals surface area contributed by atoms with Gasteiger partial charge in [-0.2, -0.15) is 0 Å². The van der Waals surface area contributed by atoms with Crippen molar-refractivity contribution in [1.82, 2.24) is 29.9 Å². The van der Waals surface area contributed by atoms with Crippen LogP contribution in [0.5, 0.6) is 0 Å². The van der Waals surface area contributed by atoms with Gasteiger partial charge in [0, 0.05) is 38.4 Å². The van der Waals surface area contributed by atoms with Crippen LogP contribution in [0, 0.1) is 0 Å². The number of piperazine rings is 1. The smallest absolute Gasteiger partial charge is 0.321 e. The zero-order valence-corrected chi connectivity index (χ0v) is 14.5. The monoisotopic (exact) mass is 352 g/mol. The van der Waals surface area contributed by atoms with Crippen molar-refractivity contribution in [2.75, 3.05) is 36.4 Å². The summed E-state index contributed by atoms with van der Waals surface area (Å²) in [4.78, 5) is 25.0. The zero-order chi connectivity index (χ0) is 17.9. The minimum Gasteiger partial charge on any atom is -0.351 e. The first-order valence-corrected chi connectivity index (χ1v) is 8.66. The number of aromatic nitrogens is 5. The highest BCUT2D eigenvalue weighted by atomic mass is 16.2. The van der Waals surface area contributed by atoms with Gasteiger partial charge in [-0.3, -0.25) is 0 Å². The Kier molecular flexibility index (Phi) is 4.34. The first-order valence-electron chi connectivity index (χ1n) is 8.66. The van der Waals surface area contributed by atoms with Gasteiger partial charge < -0.3 is 15.1 Å². The Hall–Kier alpha value is -3.23. The van der Waals surface area contributed by atoms with E-state index in [1.807, 2.05) is 42.2 Å². The second-order valence-corrected chi connectivity index (χ2v) is 6.04. The molecular weight excluding hydrogens is 332 g/mol. The molecule has 1 saturated heterocycles. The molecule has 2 aromatic heterocycles. The number of anilines is 2. The second kappa shape index (κ2) is 6.95. The highest BCUT2D eigenvalue weighted by molar-refractivity contribution is 5.89. The molecule has 4 rings (SSSR count). The maximum atomic E-state index is 12.4. The van der Waals surface area contributed by atoms with Gasteiger partial charge >= 0.3 is 6.03 Å². The third kappa shape index (κ3) is 3.03. The number of rotatable bonds is 3. The molecule has 0 bridgehead atoms. The lowest BCUT2D eigenvalue weighted by atomic mass is 10.3. The Bertz CT molecular complexity index is 902. The number of benzene rings is 1. The molecule has 0 spiro atoms. The van der Waals surface area contributed by atoms with Crippen LogP contribution in [0.4, 0.5) is 16.3 Å². The van der Waals surface area contributed by atoms with E-state index in [-0.39, 0.29) is 6.03 Å². The van der Waals surface area contributed by atoms with Crippen molar-refractivity contribution in [2.45, 2.75) is 13.5 Å². The van der Waals surface area contributed by atoms with E-state index in [4.69, 9.17) is 0 Å². The number of urea groups is 1. The molecule has 3 aromatic rings. The molecule has 2 amide bonds. The molecule has 0 saturated carbocycles. The summed E-state index contributed by atoms with van der Waals surface area (Å²) in [6.45, 7) is 5.32. The van der Waals surface area contributed by atoms with Crippen molar-refractivity contribution in [3.05, 3.63) is 36.7 Å². The third-order valence-electron chi connectivity index (χ3n) is 4.47. The molecule has 0 radical (unpaired) electrons. The molecule has 1 aromatic carbocycles. The Labute approximate surface area is 150 Å². The highest BCUT2D eigenvalue weighted by Crippen LogP contribution is 2.21. The molecule has 9 heteroatoms. The summed E-state index contributed by atoms with van der Waals surface area (Å²) in [5.41, 5.74) is 2.24. The minimum atomic E-state index is -0.0828. The van der Waals surface area contributed by atoms with Gasteiger partial charge in [0.15, 0.2) is 17.0 Å². The zero-order valence-electron chi connectivity index (χ0n) is 14.5. The normalized spacial score (nSPS) is 14.7. The summed E-state index contributed by atoms with van der Waals surface area (Å²) in [5.74, 6) is 0.776. The summed E-state index contributed by atoms with van der Waals surface area (Å²) < 4.78 is 1.75. The van der Waals surface area contributed by atoms with E-state index in [1.165, 1.54) is 0 Å². The van der Waals surface area contributed by atoms with E-state index in [0.29, 0.717) is 38.2 Å². The van der Waals surface area contributed by atoms with E-state index in [0.717, 1.165) is 17.2 Å². The van der Waals surface area contributed by atoms with Crippen LogP contribution < -0.4 is 10.2 Å². The Morgan fingerprint density at radius 2 is 1.88 bits per heavy atom. The summed E-state index contributed by atoms with van der Waals surface area (Å²) in [5, 5.41) is 11.3. The number of carbonyl (C=O) groups excluding carboxylic acids is 1. The van der Waals surface area contributed by atoms with Crippen LogP contribution in [0.25, 0.3) is 11.2 Å². The minimum absolute atomic E-state index is 0.0828. The lowest BCUT2D eigenvalue weighted by Crippen LogP contribution is -2.50. The Balaban J connectivity index is 1.44. The van der Waals surface area contributed by atoms with Crippen molar-refractivity contribution in [2.24, 2.45) is 0 Å². The van der Waals surface area contributed by atoms with E-state index >= 15 is 0 Å². The molecule has 1 N–H and O–H groups in total. The van der Waals surface area contributed by atoms with Gasteiger partial charge in [-0.15, -0.1) is 5.10 Å². The van der Waals surface area contributed by atoms with Gasteiger partial charge in [-0.25, -0.2) is 19.4 Å². The lowest BCUT2D eigenvalue weighted by molar-refractivity contribution is 0.208. The predicted octanol–water partition coefficient (Wildman–Crippen LogP) is 1.60. The average molecular weight is 352 g/mol. The number of hydrogen-bond acceptors (Lipinski definition) is 6. The van der Waals surface area contributed by atoms with Crippen molar-refractivity contribution < 1.29 is 4.79 Å². The summed E-state index contributed by atoms with van der Waals surface area (Å²) in [7, 11) is 0. The number of hydrogen-bond donors (Lipinski definition) is 1. The topological polar surface area (TPSA) is 92.1 Å². The van der Waals surface area contributed by atoms with Crippen molar-refractivity contribution in [1.29, 1.82) is 0 Å². The van der Waals surface area contributed by atoms with Crippen molar-refractivity contribution >= 4 is 28.7 Å². The maximum absolute atomic E-state index is 12.4. The van der Waals surface area contributed by atoms with Gasteiger partial charge in [-0.05, 0) is 19.1 Å². The van der Waals surface area contributed by atoms with E-state index in [1.54, 1.807) is 11.0 Å². The molecule has 1 aliphatic heterocycles. The first kappa shape index (κ1) is 16.2. The second-order valence-electron chi connectivity index (χ2n) is 6.04. The molecule has 134 valence electrons. The Morgan fingerprint density at radius 1 is 1.12 bits per heavy atom. The fourth-order valence-corrected chi connectivity index (χ4v) is 3.07. The lowest BCUT2D eigenvalue weighted by Gasteiger charge is -2.35. The average Bonchev–Trinajstić information content (AvgIpc) is 3.12. The summed E-state index contributed by atoms with van der Waals surface area (Å²) >= 11 is 0. The highest BCUT2D eigenvalue weighted by Gasteiger charge is 2.24. The van der Waals surface area contributed by atoms with E-state index in [2.05, 4.69) is 30.5 Å². The fourth-order valence-electron chi connectivity index (χ4n) is 3.07. The maximum Gasteiger partial charge on any atom is 0.321 e. The van der Waals surface area contributed by atoms with Crippen LogP contribution in [0.2, 0.25) is 0 Å². The van der Waals surface area contributed by atoms with Crippen molar-refractivity contribution in [3.8, 4) is 0 Å². The SMILES string of the molecule is CCn1nnc2c(N3CCN(C(=O)Nc4ccccc4)CC3)ncnc21. The van der Waals surface area contributed by atoms with Gasteiger partial charge in [0.25, 0.3) is 0 Å². The van der Waals surface area contributed by atoms with Crippen LogP contribution in [-0.4, -0.2) is 62.1 Å². The fraction of sp³-hybridized carbons (Fsp3) is 0.353. The van der Waals surface area contributed by atoms with Crippen LogP contribution in [0.15, 0.2) is 36.7 Å². The van der Waals surface area contributed by atoms with Gasteiger partial charge in [-0.1, -0.05) is 23.4 Å². The number of nitrogens with one attached hydrogen (secondary N) is 1. The molecule has 0 unspecified atom stereocenters. The van der Waals surface area contributed by atoms with Gasteiger partial charge in [0.1, 0.15) is 6.33 Å². The molecule has 1 aliphatic rings. The molecule has 0 aliphatic carbocycles. The van der Waals surface area contributed by atoms with Crippen LogP contribution >= 0.6 is 0 Å². The third-order valence-corrected chi connectivity index (χ3v) is 4.47. The number of aryl methyl sites for hydroxylation is 1. The van der Waals surface area contributed by atoms with E-state index in [9.17, 15) is 4.79 Å². The standard InChI is InChI=1S/C17H20N8O/c1-2-25-16-14(21-22-25)15(18-12-19-16)23-8-10-24(11-9-23)17(26)20-13-6-4-3-5-7-13/h3-7,12H,2,8-11H2,1H3,(H,20,26). The van der Waals surface area contributed by atoms with Crippen LogP contribution in [0.1, 0.15) is 6.92 Å². The van der Waals surface area contributed by atoms with Crippen molar-refractivity contribution in [3.63, 3.8) is 0 Å². The summed E-state index contributed by atoms with van der Waals surface area (Å²) in [6, 6.07) is 9.40. The number of nitrogens with zero attached hydrogens (tertiary/aromatic N) is 7. The number of fused-ring (bicyclic) bond motifs is 1. The van der Waals surface area contributed by atoms with E-state index < -0.39 is 0 Å². The molecule has 3 heterocycles. The first-order chi connectivity index (χ1) is 12.8. The van der Waals surface area contributed by atoms with Crippen LogP contribution in [-0.2, 0) is 6.54 Å². The quantitative estimate of drug-likeness (QED) is 0.770. The summed E-state index contributed by atoms with van der Waals surface area (Å²) in [6.07, 6.45) is 1.54. The number of amides is 2. The predicted molar refractivity (Wildman–Crippen MR) is 98.0 cm³/mol. The Morgan fingerprint density at radius 3 is 2.62 bits per heavy atom. The molecule has 9 nitrogen and oxygen atoms in total. The molecule has 1 fully saturated rings. The molecule has 0 atom stereocenters. The van der Waals surface area contributed by atoms with Gasteiger partial charge in [0.2, 0.25) is 0 Å². The van der Waals surface area contributed by atoms with Crippen LogP contribution in [0.3, 0.4) is 0 Å². The largest absolute Gasteiger partial charge is 0.351 e. The van der Waals surface area contributed by atoms with Gasteiger partial charge in [0.05, 0.1) is 0 Å². The number of para-hydroxylation sites is 1. The molecule has 26 heavy (non-hydrogen) atoms. The molecular formula is C17H20N8O. The number of carbonyl (C=O) groups is 1.